The van der Waals surface area contributed by atoms with Crippen molar-refractivity contribution < 1.29 is 9.32 Å². The second-order valence-corrected chi connectivity index (χ2v) is 7.80. The monoisotopic (exact) mass is 347 g/mol. The van der Waals surface area contributed by atoms with Crippen LogP contribution in [0.4, 0.5) is 4.79 Å². The molecule has 7 heteroatoms. The van der Waals surface area contributed by atoms with Crippen molar-refractivity contribution in [2.75, 3.05) is 26.2 Å². The van der Waals surface area contributed by atoms with Crippen LogP contribution < -0.4 is 5.32 Å². The highest BCUT2D eigenvalue weighted by atomic mass is 16.5. The van der Waals surface area contributed by atoms with E-state index in [-0.39, 0.29) is 6.03 Å². The number of nitrogens with one attached hydrogen (secondary N) is 1. The fourth-order valence-electron chi connectivity index (χ4n) is 4.08. The van der Waals surface area contributed by atoms with Crippen LogP contribution in [0.15, 0.2) is 4.52 Å². The molecule has 3 fully saturated rings. The fraction of sp³-hybridized carbons (Fsp3) is 0.833. The summed E-state index contributed by atoms with van der Waals surface area (Å²) in [7, 11) is 0. The van der Waals surface area contributed by atoms with Gasteiger partial charge in [-0.1, -0.05) is 18.0 Å². The molecule has 0 radical (unpaired) electrons. The lowest BCUT2D eigenvalue weighted by Crippen LogP contribution is -2.65. The van der Waals surface area contributed by atoms with Gasteiger partial charge in [-0.25, -0.2) is 4.79 Å². The van der Waals surface area contributed by atoms with E-state index in [0.29, 0.717) is 36.8 Å². The number of amides is 2. The smallest absolute Gasteiger partial charge is 0.317 e. The van der Waals surface area contributed by atoms with Crippen LogP contribution in [0.2, 0.25) is 0 Å². The molecule has 25 heavy (non-hydrogen) atoms. The summed E-state index contributed by atoms with van der Waals surface area (Å²) in [5, 5.41) is 7.00. The Morgan fingerprint density at radius 1 is 1.24 bits per heavy atom. The summed E-state index contributed by atoms with van der Waals surface area (Å²) >= 11 is 0. The van der Waals surface area contributed by atoms with Crippen LogP contribution in [0.3, 0.4) is 0 Å². The number of carbonyl (C=O) groups is 1. The molecule has 0 unspecified atom stereocenters. The highest BCUT2D eigenvalue weighted by Gasteiger charge is 2.37. The van der Waals surface area contributed by atoms with Crippen molar-refractivity contribution in [3.05, 3.63) is 11.7 Å². The lowest BCUT2D eigenvalue weighted by molar-refractivity contribution is 0.0170. The lowest BCUT2D eigenvalue weighted by atomic mass is 9.85. The summed E-state index contributed by atoms with van der Waals surface area (Å²) in [5.41, 5.74) is 0. The van der Waals surface area contributed by atoms with Crippen LogP contribution in [0.1, 0.15) is 63.1 Å². The van der Waals surface area contributed by atoms with Crippen LogP contribution in [-0.2, 0) is 6.42 Å². The van der Waals surface area contributed by atoms with E-state index in [9.17, 15) is 4.79 Å². The molecule has 2 saturated heterocycles. The third kappa shape index (κ3) is 3.66. The van der Waals surface area contributed by atoms with Crippen molar-refractivity contribution in [3.8, 4) is 0 Å². The van der Waals surface area contributed by atoms with E-state index in [1.54, 1.807) is 0 Å². The van der Waals surface area contributed by atoms with Crippen LogP contribution in [-0.4, -0.2) is 64.2 Å². The summed E-state index contributed by atoms with van der Waals surface area (Å²) in [6, 6.07) is 1.24. The van der Waals surface area contributed by atoms with Crippen molar-refractivity contribution in [3.63, 3.8) is 0 Å². The van der Waals surface area contributed by atoms with Gasteiger partial charge >= 0.3 is 6.03 Å². The molecule has 0 aromatic carbocycles. The van der Waals surface area contributed by atoms with E-state index in [0.717, 1.165) is 31.8 Å². The Kier molecular flexibility index (Phi) is 4.92. The summed E-state index contributed by atoms with van der Waals surface area (Å²) in [4.78, 5) is 21.1. The van der Waals surface area contributed by atoms with Gasteiger partial charge < -0.3 is 14.7 Å². The third-order valence-corrected chi connectivity index (χ3v) is 6.04. The van der Waals surface area contributed by atoms with Gasteiger partial charge in [0.05, 0.1) is 0 Å². The second kappa shape index (κ2) is 7.32. The van der Waals surface area contributed by atoms with Crippen molar-refractivity contribution in [1.29, 1.82) is 0 Å². The highest BCUT2D eigenvalue weighted by molar-refractivity contribution is 5.75. The second-order valence-electron chi connectivity index (χ2n) is 7.80. The first kappa shape index (κ1) is 16.8. The van der Waals surface area contributed by atoms with Gasteiger partial charge in [0.2, 0.25) is 5.89 Å². The quantitative estimate of drug-likeness (QED) is 0.883. The number of likely N-dealkylation sites (tertiary alicyclic amines) is 2. The molecule has 3 aliphatic rings. The Morgan fingerprint density at radius 3 is 2.80 bits per heavy atom. The molecule has 4 rings (SSSR count). The summed E-state index contributed by atoms with van der Waals surface area (Å²) in [6.07, 6.45) is 8.12. The normalized spacial score (nSPS) is 25.5. The highest BCUT2D eigenvalue weighted by Crippen LogP contribution is 2.35. The van der Waals surface area contributed by atoms with E-state index < -0.39 is 0 Å². The Balaban J connectivity index is 1.16. The molecule has 2 amide bonds. The number of nitrogens with zero attached hydrogens (tertiary/aromatic N) is 4. The van der Waals surface area contributed by atoms with Crippen molar-refractivity contribution >= 4 is 6.03 Å². The number of hydrogen-bond donors (Lipinski definition) is 1. The fourth-order valence-corrected chi connectivity index (χ4v) is 4.08. The number of hydrogen-bond acceptors (Lipinski definition) is 5. The van der Waals surface area contributed by atoms with Gasteiger partial charge in [0, 0.05) is 44.1 Å². The molecule has 0 spiro atoms. The predicted molar refractivity (Wildman–Crippen MR) is 93.4 cm³/mol. The molecular formula is C18H29N5O2. The topological polar surface area (TPSA) is 74.5 Å². The van der Waals surface area contributed by atoms with Gasteiger partial charge in [0.25, 0.3) is 0 Å². The minimum atomic E-state index is 0.0311. The first-order chi connectivity index (χ1) is 12.2. The molecular weight excluding hydrogens is 318 g/mol. The van der Waals surface area contributed by atoms with E-state index in [2.05, 4.69) is 27.3 Å². The molecule has 1 aliphatic carbocycles. The first-order valence-corrected chi connectivity index (χ1v) is 9.81. The molecule has 1 aromatic rings. The Hall–Kier alpha value is -1.63. The zero-order chi connectivity index (χ0) is 17.2. The molecule has 7 nitrogen and oxygen atoms in total. The minimum absolute atomic E-state index is 0.0311. The average Bonchev–Trinajstić information content (AvgIpc) is 2.94. The zero-order valence-electron chi connectivity index (χ0n) is 15.1. The maximum absolute atomic E-state index is 12.2. The molecule has 138 valence electrons. The van der Waals surface area contributed by atoms with Crippen molar-refractivity contribution in [2.45, 2.75) is 69.9 Å². The molecule has 1 atom stereocenters. The van der Waals surface area contributed by atoms with Crippen LogP contribution in [0.25, 0.3) is 0 Å². The molecule has 1 aromatic heterocycles. The number of urea groups is 1. The Labute approximate surface area is 149 Å². The standard InChI is InChI=1S/C18H29N5O2/c1-13-5-2-3-10-23(13)15-11-22(12-15)18(24)19-9-8-16-20-17(25-21-16)14-6-4-7-14/h13-15H,2-12H2,1H3,(H,19,24)/t13-/m0/s1. The summed E-state index contributed by atoms with van der Waals surface area (Å²) in [6.45, 7) is 5.76. The van der Waals surface area contributed by atoms with Crippen LogP contribution >= 0.6 is 0 Å². The van der Waals surface area contributed by atoms with Crippen LogP contribution in [0.5, 0.6) is 0 Å². The largest absolute Gasteiger partial charge is 0.339 e. The third-order valence-electron chi connectivity index (χ3n) is 6.04. The molecule has 1 saturated carbocycles. The number of carbonyl (C=O) groups excluding carboxylic acids is 1. The van der Waals surface area contributed by atoms with Gasteiger partial charge in [-0.3, -0.25) is 4.90 Å². The molecule has 3 heterocycles. The van der Waals surface area contributed by atoms with Gasteiger partial charge in [0.1, 0.15) is 0 Å². The summed E-state index contributed by atoms with van der Waals surface area (Å²) < 4.78 is 5.31. The molecule has 2 aliphatic heterocycles. The minimum Gasteiger partial charge on any atom is -0.339 e. The van der Waals surface area contributed by atoms with E-state index in [1.165, 1.54) is 32.2 Å². The average molecular weight is 347 g/mol. The predicted octanol–water partition coefficient (Wildman–Crippen LogP) is 2.15. The van der Waals surface area contributed by atoms with Crippen molar-refractivity contribution in [2.24, 2.45) is 0 Å². The zero-order valence-corrected chi connectivity index (χ0v) is 15.1. The maximum atomic E-state index is 12.2. The van der Waals surface area contributed by atoms with Gasteiger partial charge in [-0.15, -0.1) is 0 Å². The van der Waals surface area contributed by atoms with E-state index in [4.69, 9.17) is 4.52 Å². The maximum Gasteiger partial charge on any atom is 0.317 e. The van der Waals surface area contributed by atoms with E-state index in [1.807, 2.05) is 4.90 Å². The molecule has 1 N–H and O–H groups in total. The Morgan fingerprint density at radius 2 is 2.08 bits per heavy atom. The van der Waals surface area contributed by atoms with Gasteiger partial charge in [0.15, 0.2) is 5.82 Å². The van der Waals surface area contributed by atoms with E-state index >= 15 is 0 Å². The van der Waals surface area contributed by atoms with Gasteiger partial charge in [-0.2, -0.15) is 4.98 Å². The van der Waals surface area contributed by atoms with Crippen molar-refractivity contribution in [1.82, 2.24) is 25.3 Å². The van der Waals surface area contributed by atoms with Crippen LogP contribution in [0, 0.1) is 0 Å². The summed E-state index contributed by atoms with van der Waals surface area (Å²) in [5.74, 6) is 1.94. The SMILES string of the molecule is C[C@H]1CCCCN1C1CN(C(=O)NCCc2noc(C3CCC3)n2)C1. The number of piperidine rings is 1. The Bertz CT molecular complexity index is 594. The molecule has 0 bridgehead atoms. The number of aromatic nitrogens is 2. The number of rotatable bonds is 5. The lowest BCUT2D eigenvalue weighted by Gasteiger charge is -2.49. The first-order valence-electron chi connectivity index (χ1n) is 9.81. The van der Waals surface area contributed by atoms with Gasteiger partial charge in [-0.05, 0) is 39.2 Å².